The van der Waals surface area contributed by atoms with Crippen molar-refractivity contribution >= 4 is 15.9 Å². The topological polar surface area (TPSA) is 12.5 Å². The third kappa shape index (κ3) is 3.56. The van der Waals surface area contributed by atoms with Gasteiger partial charge in [-0.15, -0.1) is 0 Å². The van der Waals surface area contributed by atoms with Crippen molar-refractivity contribution in [2.75, 3.05) is 32.1 Å². The van der Waals surface area contributed by atoms with Gasteiger partial charge in [-0.2, -0.15) is 0 Å². The highest BCUT2D eigenvalue weighted by Gasteiger charge is 2.27. The van der Waals surface area contributed by atoms with Crippen LogP contribution in [-0.2, 0) is 4.74 Å². The number of methoxy groups -OCH3 is 1. The van der Waals surface area contributed by atoms with Gasteiger partial charge < -0.3 is 9.64 Å². The van der Waals surface area contributed by atoms with Gasteiger partial charge in [0.15, 0.2) is 0 Å². The maximum atomic E-state index is 5.34. The van der Waals surface area contributed by atoms with E-state index in [0.29, 0.717) is 11.5 Å². The summed E-state index contributed by atoms with van der Waals surface area (Å²) in [7, 11) is 1.81. The number of hydrogen-bond donors (Lipinski definition) is 0. The molecule has 1 aliphatic rings. The summed E-state index contributed by atoms with van der Waals surface area (Å²) in [6.07, 6.45) is 1.65. The van der Waals surface area contributed by atoms with Crippen molar-refractivity contribution in [3.8, 4) is 0 Å². The molecule has 0 aromatic carbocycles. The van der Waals surface area contributed by atoms with Gasteiger partial charge in [0.25, 0.3) is 0 Å². The lowest BCUT2D eigenvalue weighted by atomic mass is 9.96. The average molecular weight is 250 g/mol. The predicted molar refractivity (Wildman–Crippen MR) is 59.4 cm³/mol. The minimum Gasteiger partial charge on any atom is -0.380 e. The molecule has 0 saturated carbocycles. The summed E-state index contributed by atoms with van der Waals surface area (Å²) in [6, 6.07) is 0. The lowest BCUT2D eigenvalue weighted by Crippen LogP contribution is -2.34. The first-order chi connectivity index (χ1) is 6.07. The number of likely N-dealkylation sites (tertiary alicyclic amines) is 1. The molecule has 1 aliphatic heterocycles. The molecule has 0 radical (unpaired) electrons. The van der Waals surface area contributed by atoms with Crippen LogP contribution in [0.4, 0.5) is 0 Å². The lowest BCUT2D eigenvalue weighted by Gasteiger charge is -2.28. The molecule has 13 heavy (non-hydrogen) atoms. The molecular weight excluding hydrogens is 230 g/mol. The quantitative estimate of drug-likeness (QED) is 0.709. The zero-order valence-corrected chi connectivity index (χ0v) is 10.4. The van der Waals surface area contributed by atoms with Crippen molar-refractivity contribution in [2.45, 2.75) is 26.4 Å². The molecule has 0 spiro atoms. The van der Waals surface area contributed by atoms with Crippen molar-refractivity contribution in [3.63, 3.8) is 0 Å². The molecule has 1 unspecified atom stereocenters. The van der Waals surface area contributed by atoms with Crippen LogP contribution in [0.3, 0.4) is 0 Å². The summed E-state index contributed by atoms with van der Waals surface area (Å²) in [6.45, 7) is 8.05. The van der Waals surface area contributed by atoms with E-state index in [1.54, 1.807) is 0 Å². The van der Waals surface area contributed by atoms with Crippen molar-refractivity contribution in [1.29, 1.82) is 0 Å². The van der Waals surface area contributed by atoms with Crippen LogP contribution in [0, 0.1) is 5.41 Å². The number of alkyl halides is 1. The van der Waals surface area contributed by atoms with Gasteiger partial charge in [-0.3, -0.25) is 0 Å². The lowest BCUT2D eigenvalue weighted by molar-refractivity contribution is 0.103. The highest BCUT2D eigenvalue weighted by molar-refractivity contribution is 9.09. The van der Waals surface area contributed by atoms with E-state index >= 15 is 0 Å². The number of nitrogens with zero attached hydrogens (tertiary/aromatic N) is 1. The SMILES string of the molecule is COC1CCN(CC(C)(C)CBr)C1. The molecule has 0 aliphatic carbocycles. The second-order valence-electron chi connectivity index (χ2n) is 4.68. The summed E-state index contributed by atoms with van der Waals surface area (Å²) in [5.41, 5.74) is 0.378. The second-order valence-corrected chi connectivity index (χ2v) is 5.24. The number of halogens is 1. The van der Waals surface area contributed by atoms with Crippen LogP contribution < -0.4 is 0 Å². The third-order valence-electron chi connectivity index (χ3n) is 2.58. The monoisotopic (exact) mass is 249 g/mol. The first kappa shape index (κ1) is 11.5. The Hall–Kier alpha value is 0.400. The smallest absolute Gasteiger partial charge is 0.0710 e. The van der Waals surface area contributed by atoms with E-state index in [0.717, 1.165) is 18.4 Å². The average Bonchev–Trinajstić information content (AvgIpc) is 2.52. The Kier molecular flexibility index (Phi) is 4.20. The Morgan fingerprint density at radius 3 is 2.69 bits per heavy atom. The molecule has 1 saturated heterocycles. The zero-order chi connectivity index (χ0) is 9.90. The van der Waals surface area contributed by atoms with Crippen molar-refractivity contribution in [2.24, 2.45) is 5.41 Å². The molecule has 0 amide bonds. The van der Waals surface area contributed by atoms with Crippen molar-refractivity contribution < 1.29 is 4.74 Å². The van der Waals surface area contributed by atoms with Crippen LogP contribution in [0.5, 0.6) is 0 Å². The fourth-order valence-corrected chi connectivity index (χ4v) is 1.96. The van der Waals surface area contributed by atoms with E-state index < -0.39 is 0 Å². The molecule has 0 aromatic heterocycles. The second kappa shape index (κ2) is 4.76. The van der Waals surface area contributed by atoms with E-state index in [1.165, 1.54) is 13.0 Å². The van der Waals surface area contributed by atoms with E-state index in [1.807, 2.05) is 7.11 Å². The number of rotatable bonds is 4. The fourth-order valence-electron chi connectivity index (χ4n) is 1.78. The predicted octanol–water partition coefficient (Wildman–Crippen LogP) is 2.13. The summed E-state index contributed by atoms with van der Waals surface area (Å²) in [5.74, 6) is 0. The maximum Gasteiger partial charge on any atom is 0.0710 e. The summed E-state index contributed by atoms with van der Waals surface area (Å²) in [4.78, 5) is 2.50. The molecule has 0 aromatic rings. The molecule has 1 heterocycles. The molecule has 78 valence electrons. The minimum absolute atomic E-state index is 0.378. The zero-order valence-electron chi connectivity index (χ0n) is 8.85. The highest BCUT2D eigenvalue weighted by atomic mass is 79.9. The van der Waals surface area contributed by atoms with E-state index in [-0.39, 0.29) is 0 Å². The van der Waals surface area contributed by atoms with Crippen LogP contribution >= 0.6 is 15.9 Å². The molecule has 0 N–H and O–H groups in total. The maximum absolute atomic E-state index is 5.34. The van der Waals surface area contributed by atoms with Crippen LogP contribution in [0.2, 0.25) is 0 Å². The Labute approximate surface area is 89.8 Å². The Balaban J connectivity index is 2.31. The summed E-state index contributed by atoms with van der Waals surface area (Å²) < 4.78 is 5.34. The van der Waals surface area contributed by atoms with E-state index in [2.05, 4.69) is 34.7 Å². The van der Waals surface area contributed by atoms with Crippen molar-refractivity contribution in [1.82, 2.24) is 4.90 Å². The largest absolute Gasteiger partial charge is 0.380 e. The molecule has 1 fully saturated rings. The molecular formula is C10H20BrNO. The van der Waals surface area contributed by atoms with Gasteiger partial charge in [-0.1, -0.05) is 29.8 Å². The Bertz CT molecular complexity index is 161. The first-order valence-corrected chi connectivity index (χ1v) is 6.00. The first-order valence-electron chi connectivity index (χ1n) is 4.88. The normalized spacial score (nSPS) is 25.4. The molecule has 3 heteroatoms. The Morgan fingerprint density at radius 2 is 2.23 bits per heavy atom. The van der Waals surface area contributed by atoms with Gasteiger partial charge in [0, 0.05) is 32.1 Å². The number of ether oxygens (including phenoxy) is 1. The molecule has 0 bridgehead atoms. The Morgan fingerprint density at radius 1 is 1.54 bits per heavy atom. The van der Waals surface area contributed by atoms with Gasteiger partial charge in [0.05, 0.1) is 6.10 Å². The van der Waals surface area contributed by atoms with Crippen LogP contribution in [0.25, 0.3) is 0 Å². The number of hydrogen-bond acceptors (Lipinski definition) is 2. The summed E-state index contributed by atoms with van der Waals surface area (Å²) >= 11 is 3.55. The third-order valence-corrected chi connectivity index (χ3v) is 4.09. The van der Waals surface area contributed by atoms with Crippen LogP contribution in [0.1, 0.15) is 20.3 Å². The molecule has 1 rings (SSSR count). The summed E-state index contributed by atoms with van der Waals surface area (Å²) in [5, 5.41) is 1.06. The molecule has 2 nitrogen and oxygen atoms in total. The van der Waals surface area contributed by atoms with E-state index in [9.17, 15) is 0 Å². The minimum atomic E-state index is 0.378. The van der Waals surface area contributed by atoms with Gasteiger partial charge >= 0.3 is 0 Å². The van der Waals surface area contributed by atoms with Gasteiger partial charge in [-0.05, 0) is 11.8 Å². The fraction of sp³-hybridized carbons (Fsp3) is 1.00. The highest BCUT2D eigenvalue weighted by Crippen LogP contribution is 2.22. The van der Waals surface area contributed by atoms with Gasteiger partial charge in [0.2, 0.25) is 0 Å². The van der Waals surface area contributed by atoms with Crippen LogP contribution in [0.15, 0.2) is 0 Å². The van der Waals surface area contributed by atoms with Gasteiger partial charge in [-0.25, -0.2) is 0 Å². The standard InChI is InChI=1S/C10H20BrNO/c1-10(2,7-11)8-12-5-4-9(6-12)13-3/h9H,4-8H2,1-3H3. The van der Waals surface area contributed by atoms with E-state index in [4.69, 9.17) is 4.74 Å². The van der Waals surface area contributed by atoms with Gasteiger partial charge in [0.1, 0.15) is 0 Å². The van der Waals surface area contributed by atoms with Crippen molar-refractivity contribution in [3.05, 3.63) is 0 Å². The van der Waals surface area contributed by atoms with Crippen LogP contribution in [-0.4, -0.2) is 43.1 Å². The molecule has 1 atom stereocenters.